The summed E-state index contributed by atoms with van der Waals surface area (Å²) in [6.45, 7) is 0. The van der Waals surface area contributed by atoms with Gasteiger partial charge in [-0.1, -0.05) is 30.3 Å². The van der Waals surface area contributed by atoms with Crippen LogP contribution >= 0.6 is 0 Å². The zero-order valence-corrected chi connectivity index (χ0v) is 9.78. The lowest BCUT2D eigenvalue weighted by molar-refractivity contribution is -0.110. The number of carbonyl (C=O) groups is 1. The molecule has 19 heavy (non-hydrogen) atoms. The molecular weight excluding hydrogens is 248 g/mol. The minimum atomic E-state index is -1.00. The summed E-state index contributed by atoms with van der Waals surface area (Å²) in [7, 11) is 0. The number of nitrogens with one attached hydrogen (secondary N) is 1. The first-order chi connectivity index (χ1) is 9.16. The quantitative estimate of drug-likeness (QED) is 0.779. The second-order valence-electron chi connectivity index (χ2n) is 4.21. The van der Waals surface area contributed by atoms with Gasteiger partial charge in [0.25, 0.3) is 5.91 Å². The molecule has 0 fully saturated rings. The van der Waals surface area contributed by atoms with Crippen LogP contribution in [0.15, 0.2) is 42.5 Å². The summed E-state index contributed by atoms with van der Waals surface area (Å²) in [6.07, 6.45) is 1.55. The summed E-state index contributed by atoms with van der Waals surface area (Å²) in [6, 6.07) is 11.4. The van der Waals surface area contributed by atoms with Crippen molar-refractivity contribution in [2.75, 3.05) is 5.32 Å². The molecule has 0 spiro atoms. The average Bonchev–Trinajstić information content (AvgIpc) is 2.73. The van der Waals surface area contributed by atoms with Crippen LogP contribution < -0.4 is 5.32 Å². The fraction of sp³-hybridized carbons (Fsp3) is 0. The molecule has 0 aliphatic carbocycles. The SMILES string of the molecule is O=C1Nc2ccc(F)c(F)c2/C1=C\c1ccccc1. The Kier molecular flexibility index (Phi) is 2.63. The predicted octanol–water partition coefficient (Wildman–Crippen LogP) is 3.46. The number of amides is 1. The van der Waals surface area contributed by atoms with Crippen molar-refractivity contribution in [2.45, 2.75) is 0 Å². The van der Waals surface area contributed by atoms with Crippen molar-refractivity contribution in [1.82, 2.24) is 0 Å². The monoisotopic (exact) mass is 257 g/mol. The molecule has 0 unspecified atom stereocenters. The zero-order chi connectivity index (χ0) is 13.4. The van der Waals surface area contributed by atoms with Gasteiger partial charge in [0.15, 0.2) is 11.6 Å². The van der Waals surface area contributed by atoms with Crippen LogP contribution in [0.1, 0.15) is 11.1 Å². The van der Waals surface area contributed by atoms with Gasteiger partial charge >= 0.3 is 0 Å². The standard InChI is InChI=1S/C15H9F2NO/c16-11-6-7-12-13(14(11)17)10(15(19)18-12)8-9-4-2-1-3-5-9/h1-8H,(H,18,19)/b10-8+. The normalized spacial score (nSPS) is 15.5. The van der Waals surface area contributed by atoms with Crippen LogP contribution in [0.2, 0.25) is 0 Å². The molecule has 0 radical (unpaired) electrons. The average molecular weight is 257 g/mol. The number of fused-ring (bicyclic) bond motifs is 1. The Bertz CT molecular complexity index is 693. The minimum absolute atomic E-state index is 0.00569. The van der Waals surface area contributed by atoms with Crippen molar-refractivity contribution in [2.24, 2.45) is 0 Å². The maximum absolute atomic E-state index is 13.8. The van der Waals surface area contributed by atoms with Crippen molar-refractivity contribution < 1.29 is 13.6 Å². The van der Waals surface area contributed by atoms with Crippen molar-refractivity contribution in [3.63, 3.8) is 0 Å². The van der Waals surface area contributed by atoms with Crippen LogP contribution in [-0.4, -0.2) is 5.91 Å². The molecule has 2 aromatic carbocycles. The highest BCUT2D eigenvalue weighted by molar-refractivity contribution is 6.35. The van der Waals surface area contributed by atoms with E-state index in [1.807, 2.05) is 18.2 Å². The topological polar surface area (TPSA) is 29.1 Å². The predicted molar refractivity (Wildman–Crippen MR) is 69.3 cm³/mol. The van der Waals surface area contributed by atoms with Gasteiger partial charge in [-0.2, -0.15) is 0 Å². The fourth-order valence-electron chi connectivity index (χ4n) is 2.07. The third-order valence-electron chi connectivity index (χ3n) is 2.97. The maximum Gasteiger partial charge on any atom is 0.256 e. The van der Waals surface area contributed by atoms with Gasteiger partial charge in [0, 0.05) is 5.56 Å². The lowest BCUT2D eigenvalue weighted by Gasteiger charge is -2.01. The van der Waals surface area contributed by atoms with Gasteiger partial charge in [0.05, 0.1) is 11.3 Å². The second-order valence-corrected chi connectivity index (χ2v) is 4.21. The number of anilines is 1. The maximum atomic E-state index is 13.8. The largest absolute Gasteiger partial charge is 0.321 e. The number of benzene rings is 2. The molecule has 0 saturated heterocycles. The van der Waals surface area contributed by atoms with Crippen LogP contribution in [0.25, 0.3) is 11.6 Å². The summed E-state index contributed by atoms with van der Waals surface area (Å²) in [5.41, 5.74) is 1.18. The lowest BCUT2D eigenvalue weighted by Crippen LogP contribution is -2.03. The Morgan fingerprint density at radius 3 is 2.47 bits per heavy atom. The van der Waals surface area contributed by atoms with Gasteiger partial charge in [-0.3, -0.25) is 4.79 Å². The van der Waals surface area contributed by atoms with Crippen molar-refractivity contribution in [3.8, 4) is 0 Å². The molecule has 1 N–H and O–H groups in total. The van der Waals surface area contributed by atoms with E-state index in [9.17, 15) is 13.6 Å². The highest BCUT2D eigenvalue weighted by Crippen LogP contribution is 2.35. The molecule has 1 amide bonds. The Morgan fingerprint density at radius 1 is 1.00 bits per heavy atom. The van der Waals surface area contributed by atoms with Crippen molar-refractivity contribution in [3.05, 3.63) is 65.2 Å². The summed E-state index contributed by atoms with van der Waals surface area (Å²) in [5, 5.41) is 2.52. The summed E-state index contributed by atoms with van der Waals surface area (Å²) in [5.74, 6) is -2.39. The minimum Gasteiger partial charge on any atom is -0.321 e. The Hall–Kier alpha value is -2.49. The van der Waals surface area contributed by atoms with Crippen LogP contribution in [0.4, 0.5) is 14.5 Å². The molecule has 1 aliphatic rings. The number of halogens is 2. The fourth-order valence-corrected chi connectivity index (χ4v) is 2.07. The lowest BCUT2D eigenvalue weighted by atomic mass is 10.0. The molecule has 2 nitrogen and oxygen atoms in total. The molecule has 2 aromatic rings. The van der Waals surface area contributed by atoms with Gasteiger partial charge in [0.1, 0.15) is 0 Å². The van der Waals surface area contributed by atoms with E-state index in [4.69, 9.17) is 0 Å². The Labute approximate surface area is 108 Å². The molecule has 1 aliphatic heterocycles. The Morgan fingerprint density at radius 2 is 1.74 bits per heavy atom. The van der Waals surface area contributed by atoms with Crippen LogP contribution in [0.3, 0.4) is 0 Å². The molecular formula is C15H9F2NO. The smallest absolute Gasteiger partial charge is 0.256 e. The molecule has 0 atom stereocenters. The molecule has 0 bridgehead atoms. The van der Waals surface area contributed by atoms with E-state index in [1.54, 1.807) is 18.2 Å². The highest BCUT2D eigenvalue weighted by Gasteiger charge is 2.29. The molecule has 0 aromatic heterocycles. The molecule has 0 saturated carbocycles. The number of carbonyl (C=O) groups excluding carboxylic acids is 1. The van der Waals surface area contributed by atoms with E-state index in [0.717, 1.165) is 11.6 Å². The third kappa shape index (κ3) is 1.91. The van der Waals surface area contributed by atoms with E-state index in [2.05, 4.69) is 5.32 Å². The van der Waals surface area contributed by atoms with Gasteiger partial charge in [0.2, 0.25) is 0 Å². The summed E-state index contributed by atoms with van der Waals surface area (Å²) in [4.78, 5) is 11.8. The molecule has 4 heteroatoms. The molecule has 1 heterocycles. The first kappa shape index (κ1) is 11.6. The van der Waals surface area contributed by atoms with E-state index < -0.39 is 17.5 Å². The van der Waals surface area contributed by atoms with E-state index >= 15 is 0 Å². The number of hydrogen-bond acceptors (Lipinski definition) is 1. The van der Waals surface area contributed by atoms with E-state index in [1.165, 1.54) is 6.07 Å². The molecule has 3 rings (SSSR count). The van der Waals surface area contributed by atoms with Crippen molar-refractivity contribution >= 4 is 23.2 Å². The zero-order valence-electron chi connectivity index (χ0n) is 9.78. The summed E-state index contributed by atoms with van der Waals surface area (Å²) < 4.78 is 27.1. The van der Waals surface area contributed by atoms with Gasteiger partial charge in [-0.05, 0) is 23.8 Å². The van der Waals surface area contributed by atoms with Crippen molar-refractivity contribution in [1.29, 1.82) is 0 Å². The van der Waals surface area contributed by atoms with Gasteiger partial charge in [-0.15, -0.1) is 0 Å². The van der Waals surface area contributed by atoms with Crippen LogP contribution in [-0.2, 0) is 4.79 Å². The highest BCUT2D eigenvalue weighted by atomic mass is 19.2. The summed E-state index contributed by atoms with van der Waals surface area (Å²) >= 11 is 0. The first-order valence-electron chi connectivity index (χ1n) is 5.73. The third-order valence-corrected chi connectivity index (χ3v) is 2.97. The number of rotatable bonds is 1. The molecule has 94 valence electrons. The van der Waals surface area contributed by atoms with E-state index in [0.29, 0.717) is 5.69 Å². The number of hydrogen-bond donors (Lipinski definition) is 1. The van der Waals surface area contributed by atoms with Gasteiger partial charge < -0.3 is 5.32 Å². The second kappa shape index (κ2) is 4.31. The first-order valence-corrected chi connectivity index (χ1v) is 5.73. The Balaban J connectivity index is 2.18. The van der Waals surface area contributed by atoms with E-state index in [-0.39, 0.29) is 11.1 Å². The van der Waals surface area contributed by atoms with Crippen LogP contribution in [0, 0.1) is 11.6 Å². The van der Waals surface area contributed by atoms with Gasteiger partial charge in [-0.25, -0.2) is 8.78 Å². The van der Waals surface area contributed by atoms with Crippen LogP contribution in [0.5, 0.6) is 0 Å².